The van der Waals surface area contributed by atoms with Gasteiger partial charge in [0.05, 0.1) is 33.6 Å². The van der Waals surface area contributed by atoms with Gasteiger partial charge in [0.15, 0.2) is 5.82 Å². The molecule has 0 aliphatic heterocycles. The highest BCUT2D eigenvalue weighted by atomic mass is 15.0. The molecule has 9 aromatic carbocycles. The first kappa shape index (κ1) is 34.8. The minimum absolute atomic E-state index is 0.701. The van der Waals surface area contributed by atoms with Crippen molar-refractivity contribution in [2.45, 2.75) is 0 Å². The van der Waals surface area contributed by atoms with Crippen LogP contribution in [-0.4, -0.2) is 19.5 Å². The average Bonchev–Trinajstić information content (AvgIpc) is 3.69. The molecule has 61 heavy (non-hydrogen) atoms. The standard InChI is InChI=1S/C57H36N4/c1-5-17-38(18-6-1)50-36-51(60-57(59-50)40-21-9-3-10-22-40)41-32-31-37-23-15-27-43(48(37)35-41)46-28-16-29-47-53-52(61(56(46)47)42-24-11-4-12-25-42)34-33-45-44-26-13-14-30-49(44)58-55(54(45)53)39-19-7-2-8-20-39/h1-36H. The summed E-state index contributed by atoms with van der Waals surface area (Å²) in [5.41, 5.74) is 13.6. The molecule has 0 aliphatic rings. The number of benzene rings is 9. The van der Waals surface area contributed by atoms with Gasteiger partial charge in [-0.3, -0.25) is 0 Å². The summed E-state index contributed by atoms with van der Waals surface area (Å²) in [4.78, 5) is 15.7. The van der Waals surface area contributed by atoms with Gasteiger partial charge < -0.3 is 4.57 Å². The largest absolute Gasteiger partial charge is 0.309 e. The summed E-state index contributed by atoms with van der Waals surface area (Å²) in [6.45, 7) is 0. The molecule has 0 aliphatic carbocycles. The Morgan fingerprint density at radius 1 is 0.344 bits per heavy atom. The molecule has 0 atom stereocenters. The molecular formula is C57H36N4. The summed E-state index contributed by atoms with van der Waals surface area (Å²) in [5.74, 6) is 0.701. The van der Waals surface area contributed by atoms with Gasteiger partial charge in [-0.1, -0.05) is 182 Å². The molecule has 3 aromatic heterocycles. The minimum atomic E-state index is 0.701. The van der Waals surface area contributed by atoms with E-state index in [0.29, 0.717) is 5.82 Å². The van der Waals surface area contributed by atoms with E-state index in [1.165, 1.54) is 16.2 Å². The Kier molecular flexibility index (Phi) is 8.13. The number of para-hydroxylation sites is 3. The van der Waals surface area contributed by atoms with Crippen molar-refractivity contribution >= 4 is 54.3 Å². The zero-order valence-corrected chi connectivity index (χ0v) is 33.1. The van der Waals surface area contributed by atoms with Gasteiger partial charge in [0.2, 0.25) is 0 Å². The van der Waals surface area contributed by atoms with Crippen molar-refractivity contribution in [1.82, 2.24) is 19.5 Å². The monoisotopic (exact) mass is 776 g/mol. The zero-order valence-electron chi connectivity index (χ0n) is 33.1. The molecule has 0 saturated heterocycles. The van der Waals surface area contributed by atoms with Crippen LogP contribution in [0.5, 0.6) is 0 Å². The van der Waals surface area contributed by atoms with Crippen LogP contribution in [0.15, 0.2) is 218 Å². The Morgan fingerprint density at radius 3 is 1.74 bits per heavy atom. The van der Waals surface area contributed by atoms with Crippen molar-refractivity contribution in [2.75, 3.05) is 0 Å². The van der Waals surface area contributed by atoms with Crippen LogP contribution < -0.4 is 0 Å². The molecule has 0 amide bonds. The second-order valence-electron chi connectivity index (χ2n) is 15.5. The summed E-state index contributed by atoms with van der Waals surface area (Å²) in [7, 11) is 0. The second-order valence-corrected chi connectivity index (χ2v) is 15.5. The van der Waals surface area contributed by atoms with E-state index in [9.17, 15) is 0 Å². The zero-order chi connectivity index (χ0) is 40.3. The van der Waals surface area contributed by atoms with Crippen LogP contribution in [0.2, 0.25) is 0 Å². The molecule has 0 saturated carbocycles. The third kappa shape index (κ3) is 5.80. The van der Waals surface area contributed by atoms with Crippen molar-refractivity contribution in [1.29, 1.82) is 0 Å². The van der Waals surface area contributed by atoms with Crippen molar-refractivity contribution in [3.8, 4) is 62.0 Å². The fraction of sp³-hybridized carbons (Fsp3) is 0. The highest BCUT2D eigenvalue weighted by molar-refractivity contribution is 6.29. The predicted molar refractivity (Wildman–Crippen MR) is 254 cm³/mol. The highest BCUT2D eigenvalue weighted by Gasteiger charge is 2.23. The summed E-state index contributed by atoms with van der Waals surface area (Å²) >= 11 is 0. The molecule has 0 N–H and O–H groups in total. The Morgan fingerprint density at radius 2 is 0.967 bits per heavy atom. The van der Waals surface area contributed by atoms with Crippen LogP contribution >= 0.6 is 0 Å². The number of aromatic nitrogens is 4. The fourth-order valence-corrected chi connectivity index (χ4v) is 9.21. The third-order valence-electron chi connectivity index (χ3n) is 12.0. The molecule has 12 aromatic rings. The maximum atomic E-state index is 5.40. The number of fused-ring (bicyclic) bond motifs is 8. The van der Waals surface area contributed by atoms with E-state index < -0.39 is 0 Å². The first-order valence-electron chi connectivity index (χ1n) is 20.7. The Hall–Kier alpha value is -8.21. The fourth-order valence-electron chi connectivity index (χ4n) is 9.21. The van der Waals surface area contributed by atoms with Crippen LogP contribution in [-0.2, 0) is 0 Å². The van der Waals surface area contributed by atoms with E-state index in [1.54, 1.807) is 0 Å². The van der Waals surface area contributed by atoms with Crippen molar-refractivity contribution in [3.05, 3.63) is 218 Å². The van der Waals surface area contributed by atoms with Gasteiger partial charge in [0.1, 0.15) is 0 Å². The highest BCUT2D eigenvalue weighted by Crippen LogP contribution is 2.46. The maximum absolute atomic E-state index is 5.40. The second kappa shape index (κ2) is 14.3. The predicted octanol–water partition coefficient (Wildman–Crippen LogP) is 14.8. The van der Waals surface area contributed by atoms with Gasteiger partial charge >= 0.3 is 0 Å². The molecule has 284 valence electrons. The third-order valence-corrected chi connectivity index (χ3v) is 12.0. The molecule has 4 heteroatoms. The van der Waals surface area contributed by atoms with Crippen molar-refractivity contribution in [2.24, 2.45) is 0 Å². The van der Waals surface area contributed by atoms with E-state index in [4.69, 9.17) is 15.0 Å². The van der Waals surface area contributed by atoms with Gasteiger partial charge in [-0.2, -0.15) is 0 Å². The van der Waals surface area contributed by atoms with Gasteiger partial charge in [-0.15, -0.1) is 0 Å². The number of nitrogens with zero attached hydrogens (tertiary/aromatic N) is 4. The summed E-state index contributed by atoms with van der Waals surface area (Å²) in [5, 5.41) is 8.19. The smallest absolute Gasteiger partial charge is 0.160 e. The molecule has 0 bridgehead atoms. The summed E-state index contributed by atoms with van der Waals surface area (Å²) in [6.07, 6.45) is 0. The molecule has 4 nitrogen and oxygen atoms in total. The van der Waals surface area contributed by atoms with Gasteiger partial charge in [0, 0.05) is 55.0 Å². The molecular weight excluding hydrogens is 741 g/mol. The first-order chi connectivity index (χ1) is 30.3. The lowest BCUT2D eigenvalue weighted by Crippen LogP contribution is -1.96. The molecule has 3 heterocycles. The molecule has 0 unspecified atom stereocenters. The van der Waals surface area contributed by atoms with Gasteiger partial charge in [0.25, 0.3) is 0 Å². The van der Waals surface area contributed by atoms with Crippen molar-refractivity contribution < 1.29 is 0 Å². The molecule has 12 rings (SSSR count). The average molecular weight is 777 g/mol. The summed E-state index contributed by atoms with van der Waals surface area (Å²) in [6, 6.07) is 77.4. The Balaban J connectivity index is 1.15. The van der Waals surface area contributed by atoms with Gasteiger partial charge in [-0.25, -0.2) is 15.0 Å². The summed E-state index contributed by atoms with van der Waals surface area (Å²) < 4.78 is 2.45. The first-order valence-corrected chi connectivity index (χ1v) is 20.7. The van der Waals surface area contributed by atoms with Crippen LogP contribution in [0.25, 0.3) is 116 Å². The van der Waals surface area contributed by atoms with Crippen LogP contribution in [0.4, 0.5) is 0 Å². The van der Waals surface area contributed by atoms with E-state index in [1.807, 2.05) is 24.3 Å². The van der Waals surface area contributed by atoms with E-state index in [-0.39, 0.29) is 0 Å². The van der Waals surface area contributed by atoms with Crippen molar-refractivity contribution in [3.63, 3.8) is 0 Å². The number of rotatable bonds is 6. The molecule has 0 fully saturated rings. The number of hydrogen-bond donors (Lipinski definition) is 0. The topological polar surface area (TPSA) is 43.6 Å². The number of pyridine rings is 1. The maximum Gasteiger partial charge on any atom is 0.160 e. The molecule has 0 radical (unpaired) electrons. The lowest BCUT2D eigenvalue weighted by molar-refractivity contribution is 1.18. The Bertz CT molecular complexity index is 3560. The van der Waals surface area contributed by atoms with E-state index >= 15 is 0 Å². The quantitative estimate of drug-likeness (QED) is 0.158. The van der Waals surface area contributed by atoms with Gasteiger partial charge in [-0.05, 0) is 58.1 Å². The minimum Gasteiger partial charge on any atom is -0.309 e. The van der Waals surface area contributed by atoms with Crippen LogP contribution in [0, 0.1) is 0 Å². The molecule has 0 spiro atoms. The lowest BCUT2D eigenvalue weighted by atomic mass is 9.93. The lowest BCUT2D eigenvalue weighted by Gasteiger charge is -2.14. The number of hydrogen-bond acceptors (Lipinski definition) is 3. The normalized spacial score (nSPS) is 11.6. The Labute approximate surface area is 352 Å². The van der Waals surface area contributed by atoms with Crippen LogP contribution in [0.3, 0.4) is 0 Å². The van der Waals surface area contributed by atoms with E-state index in [2.05, 4.69) is 199 Å². The van der Waals surface area contributed by atoms with Crippen LogP contribution in [0.1, 0.15) is 0 Å². The SMILES string of the molecule is c1ccc(-c2cc(-c3ccc4cccc(-c5cccc6c7c8c(-c9ccccc9)nc9ccccc9c8ccc7n(-c7ccccc7)c56)c4c3)nc(-c3ccccc3)n2)cc1. The van der Waals surface area contributed by atoms with E-state index in [0.717, 1.165) is 94.2 Å².